The van der Waals surface area contributed by atoms with Gasteiger partial charge in [0.25, 0.3) is 0 Å². The molecule has 21 heavy (non-hydrogen) atoms. The molecule has 0 amide bonds. The van der Waals surface area contributed by atoms with Crippen LogP contribution in [-0.2, 0) is 4.79 Å². The number of carbonyl (C=O) groups is 1. The van der Waals surface area contributed by atoms with Gasteiger partial charge in [-0.15, -0.1) is 0 Å². The monoisotopic (exact) mass is 351 g/mol. The van der Waals surface area contributed by atoms with E-state index in [0.717, 1.165) is 6.20 Å². The molecule has 0 aliphatic rings. The van der Waals surface area contributed by atoms with E-state index in [4.69, 9.17) is 0 Å². The van der Waals surface area contributed by atoms with Gasteiger partial charge in [-0.05, 0) is 21.5 Å². The van der Waals surface area contributed by atoms with E-state index in [1.807, 2.05) is 0 Å². The number of pyridine rings is 1. The third-order valence-corrected chi connectivity index (χ3v) is 3.35. The van der Waals surface area contributed by atoms with Crippen LogP contribution in [0.2, 0.25) is 0 Å². The molecule has 1 aromatic heterocycles. The highest BCUT2D eigenvalue weighted by Crippen LogP contribution is 2.34. The van der Waals surface area contributed by atoms with Crippen LogP contribution in [0.1, 0.15) is 11.6 Å². The molecule has 108 valence electrons. The number of rotatable bonds is 5. The fourth-order valence-electron chi connectivity index (χ4n) is 1.78. The van der Waals surface area contributed by atoms with Crippen LogP contribution in [0.25, 0.3) is 0 Å². The average molecular weight is 352 g/mol. The molecule has 0 saturated carbocycles. The standard InChI is InChI=1S/C13H10BrN3O4/c14-9-6-15-7-10(17(20)21)12(9)16-11(13(18)19)8-4-2-1-3-5-8/h1-7,11H,(H,15,16)(H,18,19). The summed E-state index contributed by atoms with van der Waals surface area (Å²) in [5.41, 5.74) is 0.265. The van der Waals surface area contributed by atoms with Crippen molar-refractivity contribution < 1.29 is 14.8 Å². The van der Waals surface area contributed by atoms with E-state index < -0.39 is 16.9 Å². The third kappa shape index (κ3) is 3.34. The summed E-state index contributed by atoms with van der Waals surface area (Å²) in [6, 6.07) is 7.31. The number of nitrogens with zero attached hydrogens (tertiary/aromatic N) is 2. The van der Waals surface area contributed by atoms with E-state index in [2.05, 4.69) is 26.2 Å². The van der Waals surface area contributed by atoms with Gasteiger partial charge in [0.15, 0.2) is 6.04 Å². The molecule has 7 nitrogen and oxygen atoms in total. The van der Waals surface area contributed by atoms with E-state index in [-0.39, 0.29) is 11.4 Å². The molecule has 2 aromatic rings. The first-order valence-electron chi connectivity index (χ1n) is 5.83. The number of hydrogen-bond acceptors (Lipinski definition) is 5. The molecule has 1 unspecified atom stereocenters. The number of aliphatic carboxylic acids is 1. The summed E-state index contributed by atoms with van der Waals surface area (Å²) in [4.78, 5) is 25.5. The number of carboxylic acid groups (broad SMARTS) is 1. The number of carboxylic acids is 1. The van der Waals surface area contributed by atoms with Gasteiger partial charge in [-0.1, -0.05) is 30.3 Å². The Morgan fingerprint density at radius 1 is 1.33 bits per heavy atom. The minimum absolute atomic E-state index is 0.0752. The lowest BCUT2D eigenvalue weighted by atomic mass is 10.1. The molecule has 0 fully saturated rings. The third-order valence-electron chi connectivity index (χ3n) is 2.74. The van der Waals surface area contributed by atoms with Crippen molar-refractivity contribution in [1.82, 2.24) is 4.98 Å². The summed E-state index contributed by atoms with van der Waals surface area (Å²) < 4.78 is 0.318. The van der Waals surface area contributed by atoms with E-state index in [1.54, 1.807) is 30.3 Å². The van der Waals surface area contributed by atoms with Gasteiger partial charge in [-0.2, -0.15) is 0 Å². The number of aromatic nitrogens is 1. The van der Waals surface area contributed by atoms with Crippen LogP contribution >= 0.6 is 15.9 Å². The smallest absolute Gasteiger partial charge is 0.330 e. The normalized spacial score (nSPS) is 11.7. The highest BCUT2D eigenvalue weighted by Gasteiger charge is 2.25. The Hall–Kier alpha value is -2.48. The molecular weight excluding hydrogens is 342 g/mol. The van der Waals surface area contributed by atoms with Gasteiger partial charge < -0.3 is 10.4 Å². The molecule has 0 spiro atoms. The van der Waals surface area contributed by atoms with Gasteiger partial charge in [-0.25, -0.2) is 4.79 Å². The summed E-state index contributed by atoms with van der Waals surface area (Å²) in [5.74, 6) is -1.14. The lowest BCUT2D eigenvalue weighted by Gasteiger charge is -2.16. The maximum atomic E-state index is 11.4. The van der Waals surface area contributed by atoms with Crippen molar-refractivity contribution in [3.63, 3.8) is 0 Å². The van der Waals surface area contributed by atoms with Crippen molar-refractivity contribution in [2.75, 3.05) is 5.32 Å². The van der Waals surface area contributed by atoms with Crippen molar-refractivity contribution in [2.45, 2.75) is 6.04 Å². The molecule has 2 N–H and O–H groups in total. The maximum absolute atomic E-state index is 11.4. The van der Waals surface area contributed by atoms with Crippen LogP contribution in [-0.4, -0.2) is 21.0 Å². The maximum Gasteiger partial charge on any atom is 0.330 e. The second-order valence-corrected chi connectivity index (χ2v) is 4.95. The van der Waals surface area contributed by atoms with E-state index in [9.17, 15) is 20.0 Å². The largest absolute Gasteiger partial charge is 0.479 e. The lowest BCUT2D eigenvalue weighted by Crippen LogP contribution is -2.21. The van der Waals surface area contributed by atoms with Crippen LogP contribution in [0, 0.1) is 10.1 Å². The summed E-state index contributed by atoms with van der Waals surface area (Å²) in [6.07, 6.45) is 2.43. The number of benzene rings is 1. The van der Waals surface area contributed by atoms with Crippen molar-refractivity contribution in [1.29, 1.82) is 0 Å². The number of nitrogens with one attached hydrogen (secondary N) is 1. The lowest BCUT2D eigenvalue weighted by molar-refractivity contribution is -0.384. The molecular formula is C13H10BrN3O4. The second kappa shape index (κ2) is 6.31. The fourth-order valence-corrected chi connectivity index (χ4v) is 2.22. The summed E-state index contributed by atoms with van der Waals surface area (Å²) in [5, 5.41) is 23.0. The summed E-state index contributed by atoms with van der Waals surface area (Å²) >= 11 is 3.14. The van der Waals surface area contributed by atoms with Gasteiger partial charge in [0, 0.05) is 6.20 Å². The highest BCUT2D eigenvalue weighted by molar-refractivity contribution is 9.10. The van der Waals surface area contributed by atoms with Crippen molar-refractivity contribution in [3.8, 4) is 0 Å². The van der Waals surface area contributed by atoms with Crippen molar-refractivity contribution in [2.24, 2.45) is 0 Å². The van der Waals surface area contributed by atoms with E-state index in [0.29, 0.717) is 10.0 Å². The van der Waals surface area contributed by atoms with Crippen molar-refractivity contribution >= 4 is 33.3 Å². The molecule has 1 aromatic carbocycles. The van der Waals surface area contributed by atoms with Gasteiger partial charge in [-0.3, -0.25) is 15.1 Å². The van der Waals surface area contributed by atoms with Crippen LogP contribution in [0.4, 0.5) is 11.4 Å². The summed E-state index contributed by atoms with van der Waals surface area (Å²) in [7, 11) is 0. The first kappa shape index (κ1) is 14.9. The second-order valence-electron chi connectivity index (χ2n) is 4.10. The number of hydrogen-bond donors (Lipinski definition) is 2. The van der Waals surface area contributed by atoms with Crippen LogP contribution < -0.4 is 5.32 Å². The first-order valence-corrected chi connectivity index (χ1v) is 6.62. The van der Waals surface area contributed by atoms with E-state index in [1.165, 1.54) is 6.20 Å². The predicted octanol–water partition coefficient (Wildman–Crippen LogP) is 2.99. The topological polar surface area (TPSA) is 105 Å². The minimum Gasteiger partial charge on any atom is -0.479 e. The zero-order chi connectivity index (χ0) is 15.4. The Kier molecular flexibility index (Phi) is 4.49. The van der Waals surface area contributed by atoms with Gasteiger partial charge in [0.1, 0.15) is 11.9 Å². The van der Waals surface area contributed by atoms with E-state index >= 15 is 0 Å². The molecule has 0 radical (unpaired) electrons. The van der Waals surface area contributed by atoms with Crippen LogP contribution in [0.5, 0.6) is 0 Å². The quantitative estimate of drug-likeness (QED) is 0.633. The number of halogens is 1. The number of anilines is 1. The van der Waals surface area contributed by atoms with Crippen molar-refractivity contribution in [3.05, 3.63) is 62.9 Å². The van der Waals surface area contributed by atoms with Gasteiger partial charge >= 0.3 is 11.7 Å². The molecule has 0 saturated heterocycles. The SMILES string of the molecule is O=C(O)C(Nc1c(Br)cncc1[N+](=O)[O-])c1ccccc1. The summed E-state index contributed by atoms with van der Waals surface area (Å²) in [6.45, 7) is 0. The van der Waals surface area contributed by atoms with Gasteiger partial charge in [0.05, 0.1) is 9.40 Å². The molecule has 8 heteroatoms. The number of nitro groups is 1. The predicted molar refractivity (Wildman–Crippen MR) is 79.0 cm³/mol. The fraction of sp³-hybridized carbons (Fsp3) is 0.0769. The zero-order valence-electron chi connectivity index (χ0n) is 10.6. The molecule has 1 heterocycles. The Morgan fingerprint density at radius 3 is 2.57 bits per heavy atom. The molecule has 2 rings (SSSR count). The molecule has 0 aliphatic heterocycles. The Balaban J connectivity index is 2.43. The zero-order valence-corrected chi connectivity index (χ0v) is 12.1. The van der Waals surface area contributed by atoms with Crippen LogP contribution in [0.3, 0.4) is 0 Å². The molecule has 0 bridgehead atoms. The Labute approximate surface area is 127 Å². The molecule has 0 aliphatic carbocycles. The van der Waals surface area contributed by atoms with Crippen LogP contribution in [0.15, 0.2) is 47.2 Å². The first-order chi connectivity index (χ1) is 10.0. The Bertz CT molecular complexity index is 678. The minimum atomic E-state index is -1.14. The Morgan fingerprint density at radius 2 is 2.00 bits per heavy atom. The molecule has 1 atom stereocenters. The highest BCUT2D eigenvalue weighted by atomic mass is 79.9. The average Bonchev–Trinajstić information content (AvgIpc) is 2.46. The van der Waals surface area contributed by atoms with Gasteiger partial charge in [0.2, 0.25) is 0 Å².